The Hall–Kier alpha value is -1.23. The average Bonchev–Trinajstić information content (AvgIpc) is 2.44. The molecule has 100 valence electrons. The van der Waals surface area contributed by atoms with Crippen molar-refractivity contribution in [1.82, 2.24) is 0 Å². The highest BCUT2D eigenvalue weighted by Gasteiger charge is 2.38. The zero-order valence-corrected chi connectivity index (χ0v) is 11.1. The van der Waals surface area contributed by atoms with Crippen molar-refractivity contribution >= 4 is 6.29 Å². The molecule has 0 amide bonds. The summed E-state index contributed by atoms with van der Waals surface area (Å²) >= 11 is 0. The summed E-state index contributed by atoms with van der Waals surface area (Å²) in [6.07, 6.45) is 0.755. The third-order valence-corrected chi connectivity index (χ3v) is 3.46. The maximum absolute atomic E-state index is 10.6. The number of aldehydes is 1. The lowest BCUT2D eigenvalue weighted by Gasteiger charge is -2.36. The number of aliphatic hydroxyl groups excluding tert-OH is 1. The number of methoxy groups -OCH3 is 1. The number of rotatable bonds is 6. The van der Waals surface area contributed by atoms with Gasteiger partial charge >= 0.3 is 0 Å². The molecule has 0 saturated heterocycles. The average molecular weight is 251 g/mol. The van der Waals surface area contributed by atoms with Gasteiger partial charge in [0.1, 0.15) is 12.4 Å². The van der Waals surface area contributed by atoms with Crippen molar-refractivity contribution in [3.63, 3.8) is 0 Å². The van der Waals surface area contributed by atoms with E-state index >= 15 is 0 Å². The van der Waals surface area contributed by atoms with Crippen molar-refractivity contribution < 1.29 is 14.6 Å². The van der Waals surface area contributed by atoms with Gasteiger partial charge in [0.05, 0.1) is 0 Å². The van der Waals surface area contributed by atoms with E-state index in [0.29, 0.717) is 11.1 Å². The van der Waals surface area contributed by atoms with Gasteiger partial charge in [0.2, 0.25) is 0 Å². The van der Waals surface area contributed by atoms with Crippen LogP contribution in [0.1, 0.15) is 36.2 Å². The molecule has 0 radical (unpaired) electrons. The molecular formula is C14H21NO3. The molecule has 1 rings (SSSR count). The topological polar surface area (TPSA) is 72.6 Å². The molecule has 0 aromatic heterocycles. The van der Waals surface area contributed by atoms with Crippen LogP contribution >= 0.6 is 0 Å². The standard InChI is InChI=1S/C14H21NO3/c1-4-10(2)13(17)14(15,18-3)12-7-5-11(9-16)6-8-12/h5-10,13,17H,4,15H2,1-3H3/t10?,13-,14-/m1/s1. The van der Waals surface area contributed by atoms with E-state index in [9.17, 15) is 9.90 Å². The molecule has 3 N–H and O–H groups in total. The first kappa shape index (κ1) is 14.8. The summed E-state index contributed by atoms with van der Waals surface area (Å²) in [5, 5.41) is 10.3. The predicted octanol–water partition coefficient (Wildman–Crippen LogP) is 1.66. The van der Waals surface area contributed by atoms with Gasteiger partial charge in [-0.25, -0.2) is 0 Å². The number of nitrogens with two attached hydrogens (primary N) is 1. The van der Waals surface area contributed by atoms with E-state index in [1.807, 2.05) is 13.8 Å². The number of benzene rings is 1. The molecular weight excluding hydrogens is 230 g/mol. The van der Waals surface area contributed by atoms with Crippen LogP contribution in [0.3, 0.4) is 0 Å². The molecule has 4 nitrogen and oxygen atoms in total. The second-order valence-corrected chi connectivity index (χ2v) is 4.57. The van der Waals surface area contributed by atoms with Gasteiger partial charge in [-0.15, -0.1) is 0 Å². The monoisotopic (exact) mass is 251 g/mol. The van der Waals surface area contributed by atoms with Crippen molar-refractivity contribution in [1.29, 1.82) is 0 Å². The number of aliphatic hydroxyl groups is 1. The van der Waals surface area contributed by atoms with Crippen LogP contribution in [-0.4, -0.2) is 24.6 Å². The number of carbonyl (C=O) groups is 1. The number of ether oxygens (including phenoxy) is 1. The lowest BCUT2D eigenvalue weighted by atomic mass is 9.88. The predicted molar refractivity (Wildman–Crippen MR) is 70.2 cm³/mol. The quantitative estimate of drug-likeness (QED) is 0.596. The zero-order valence-electron chi connectivity index (χ0n) is 11.1. The Morgan fingerprint density at radius 2 is 2.00 bits per heavy atom. The Bertz CT molecular complexity index is 391. The SMILES string of the molecule is CCC(C)[C@@H](O)[C@](N)(OC)c1ccc(C=O)cc1. The summed E-state index contributed by atoms with van der Waals surface area (Å²) in [7, 11) is 1.47. The van der Waals surface area contributed by atoms with Crippen LogP contribution in [-0.2, 0) is 10.5 Å². The van der Waals surface area contributed by atoms with Gasteiger partial charge in [-0.1, -0.05) is 44.5 Å². The third kappa shape index (κ3) is 2.77. The Balaban J connectivity index is 3.08. The molecule has 0 aliphatic heterocycles. The van der Waals surface area contributed by atoms with E-state index in [0.717, 1.165) is 12.7 Å². The molecule has 0 aliphatic carbocycles. The van der Waals surface area contributed by atoms with Crippen LogP contribution in [0.15, 0.2) is 24.3 Å². The van der Waals surface area contributed by atoms with Crippen molar-refractivity contribution in [2.75, 3.05) is 7.11 Å². The van der Waals surface area contributed by atoms with E-state index in [2.05, 4.69) is 0 Å². The fourth-order valence-electron chi connectivity index (χ4n) is 1.88. The molecule has 3 atom stereocenters. The lowest BCUT2D eigenvalue weighted by molar-refractivity contribution is -0.125. The summed E-state index contributed by atoms with van der Waals surface area (Å²) in [5.41, 5.74) is 6.14. The van der Waals surface area contributed by atoms with E-state index in [4.69, 9.17) is 10.5 Å². The minimum Gasteiger partial charge on any atom is -0.388 e. The van der Waals surface area contributed by atoms with Crippen LogP contribution in [0.4, 0.5) is 0 Å². The second-order valence-electron chi connectivity index (χ2n) is 4.57. The first-order valence-electron chi connectivity index (χ1n) is 6.07. The maximum Gasteiger partial charge on any atom is 0.168 e. The van der Waals surface area contributed by atoms with Crippen molar-refractivity contribution in [3.8, 4) is 0 Å². The van der Waals surface area contributed by atoms with Crippen molar-refractivity contribution in [3.05, 3.63) is 35.4 Å². The Morgan fingerprint density at radius 1 is 1.44 bits per heavy atom. The van der Waals surface area contributed by atoms with Gasteiger partial charge in [-0.2, -0.15) is 0 Å². The van der Waals surface area contributed by atoms with Gasteiger partial charge in [-0.05, 0) is 5.92 Å². The minimum absolute atomic E-state index is 0.0145. The van der Waals surface area contributed by atoms with Gasteiger partial charge < -0.3 is 9.84 Å². The molecule has 0 saturated carbocycles. The molecule has 1 unspecified atom stereocenters. The van der Waals surface area contributed by atoms with Crippen LogP contribution < -0.4 is 5.73 Å². The molecule has 0 fully saturated rings. The van der Waals surface area contributed by atoms with Crippen LogP contribution in [0.25, 0.3) is 0 Å². The smallest absolute Gasteiger partial charge is 0.168 e. The summed E-state index contributed by atoms with van der Waals surface area (Å²) < 4.78 is 5.32. The third-order valence-electron chi connectivity index (χ3n) is 3.46. The molecule has 18 heavy (non-hydrogen) atoms. The molecule has 1 aromatic rings. The van der Waals surface area contributed by atoms with Gasteiger partial charge in [0.15, 0.2) is 5.72 Å². The van der Waals surface area contributed by atoms with E-state index in [1.165, 1.54) is 7.11 Å². The zero-order chi connectivity index (χ0) is 13.8. The van der Waals surface area contributed by atoms with Crippen molar-refractivity contribution in [2.24, 2.45) is 11.7 Å². The van der Waals surface area contributed by atoms with Crippen LogP contribution in [0.2, 0.25) is 0 Å². The lowest BCUT2D eigenvalue weighted by Crippen LogP contribution is -2.52. The highest BCUT2D eigenvalue weighted by molar-refractivity contribution is 5.74. The summed E-state index contributed by atoms with van der Waals surface area (Å²) in [5.74, 6) is 0.0145. The van der Waals surface area contributed by atoms with Gasteiger partial charge in [-0.3, -0.25) is 10.5 Å². The molecule has 0 bridgehead atoms. The van der Waals surface area contributed by atoms with Crippen molar-refractivity contribution in [2.45, 2.75) is 32.1 Å². The summed E-state index contributed by atoms with van der Waals surface area (Å²) in [6.45, 7) is 3.91. The first-order chi connectivity index (χ1) is 8.49. The fourth-order valence-corrected chi connectivity index (χ4v) is 1.88. The van der Waals surface area contributed by atoms with E-state index in [1.54, 1.807) is 24.3 Å². The normalized spacial score (nSPS) is 17.8. The molecule has 4 heteroatoms. The molecule has 0 spiro atoms. The fraction of sp³-hybridized carbons (Fsp3) is 0.500. The Morgan fingerprint density at radius 3 is 2.39 bits per heavy atom. The summed E-state index contributed by atoms with van der Waals surface area (Å²) in [6, 6.07) is 6.73. The largest absolute Gasteiger partial charge is 0.388 e. The molecule has 0 aliphatic rings. The second kappa shape index (κ2) is 6.09. The van der Waals surface area contributed by atoms with Gasteiger partial charge in [0.25, 0.3) is 0 Å². The van der Waals surface area contributed by atoms with E-state index < -0.39 is 11.8 Å². The van der Waals surface area contributed by atoms with Gasteiger partial charge in [0, 0.05) is 18.2 Å². The number of hydrogen-bond acceptors (Lipinski definition) is 4. The number of carbonyl (C=O) groups excluding carboxylic acids is 1. The maximum atomic E-state index is 10.6. The number of hydrogen-bond donors (Lipinski definition) is 2. The first-order valence-corrected chi connectivity index (χ1v) is 6.07. The molecule has 1 aromatic carbocycles. The highest BCUT2D eigenvalue weighted by atomic mass is 16.5. The highest BCUT2D eigenvalue weighted by Crippen LogP contribution is 2.28. The summed E-state index contributed by atoms with van der Waals surface area (Å²) in [4.78, 5) is 10.6. The Labute approximate surface area is 108 Å². The van der Waals surface area contributed by atoms with Crippen LogP contribution in [0.5, 0.6) is 0 Å². The minimum atomic E-state index is -1.25. The molecule has 0 heterocycles. The Kier molecular flexibility index (Phi) is 5.02. The van der Waals surface area contributed by atoms with Crippen LogP contribution in [0, 0.1) is 5.92 Å². The van der Waals surface area contributed by atoms with E-state index in [-0.39, 0.29) is 5.92 Å².